The van der Waals surface area contributed by atoms with E-state index >= 15 is 0 Å². The number of hydrogen-bond donors (Lipinski definition) is 1. The minimum Gasteiger partial charge on any atom is -0.342 e. The lowest BCUT2D eigenvalue weighted by molar-refractivity contribution is -0.136. The van der Waals surface area contributed by atoms with E-state index in [4.69, 9.17) is 0 Å². The number of nitrogens with zero attached hydrogens (tertiary/aromatic N) is 1. The summed E-state index contributed by atoms with van der Waals surface area (Å²) in [6.45, 7) is 3.07. The number of piperidine rings is 1. The molecule has 1 aliphatic heterocycles. The molecule has 1 amide bonds. The van der Waals surface area contributed by atoms with Gasteiger partial charge in [0.05, 0.1) is 5.92 Å². The fourth-order valence-electron chi connectivity index (χ4n) is 2.97. The van der Waals surface area contributed by atoms with Gasteiger partial charge in [-0.3, -0.25) is 4.79 Å². The van der Waals surface area contributed by atoms with Crippen molar-refractivity contribution in [3.63, 3.8) is 0 Å². The van der Waals surface area contributed by atoms with Crippen LogP contribution >= 0.6 is 0 Å². The van der Waals surface area contributed by atoms with Crippen molar-refractivity contribution in [3.05, 3.63) is 0 Å². The van der Waals surface area contributed by atoms with Crippen LogP contribution in [0.25, 0.3) is 0 Å². The summed E-state index contributed by atoms with van der Waals surface area (Å²) in [5, 5.41) is 3.41. The smallest absolute Gasteiger partial charge is 0.226 e. The van der Waals surface area contributed by atoms with E-state index in [2.05, 4.69) is 12.2 Å². The zero-order valence-electron chi connectivity index (χ0n) is 10.5. The topological polar surface area (TPSA) is 32.3 Å². The molecular weight excluding hydrogens is 200 g/mol. The molecule has 1 saturated heterocycles. The minimum atomic E-state index is 0.224. The van der Waals surface area contributed by atoms with E-state index in [1.807, 2.05) is 11.9 Å². The van der Waals surface area contributed by atoms with Gasteiger partial charge in [0.2, 0.25) is 5.91 Å². The van der Waals surface area contributed by atoms with Crippen molar-refractivity contribution in [2.45, 2.75) is 57.5 Å². The molecule has 3 nitrogen and oxygen atoms in total. The second kappa shape index (κ2) is 5.17. The number of carbonyl (C=O) groups is 1. The van der Waals surface area contributed by atoms with E-state index in [0.717, 1.165) is 19.4 Å². The van der Waals surface area contributed by atoms with Crippen LogP contribution in [0.4, 0.5) is 0 Å². The van der Waals surface area contributed by atoms with Crippen LogP contribution in [0.15, 0.2) is 0 Å². The van der Waals surface area contributed by atoms with Crippen molar-refractivity contribution in [1.82, 2.24) is 10.2 Å². The Hall–Kier alpha value is -0.570. The van der Waals surface area contributed by atoms with Crippen LogP contribution in [-0.4, -0.2) is 36.5 Å². The zero-order chi connectivity index (χ0) is 11.5. The molecule has 0 aromatic carbocycles. The predicted molar refractivity (Wildman–Crippen MR) is 65.2 cm³/mol. The minimum absolute atomic E-state index is 0.224. The summed E-state index contributed by atoms with van der Waals surface area (Å²) < 4.78 is 0. The number of hydrogen-bond acceptors (Lipinski definition) is 2. The number of carbonyl (C=O) groups excluding carboxylic acids is 1. The second-order valence-corrected chi connectivity index (χ2v) is 5.47. The quantitative estimate of drug-likeness (QED) is 0.775. The van der Waals surface area contributed by atoms with Crippen LogP contribution in [0.1, 0.15) is 45.4 Å². The van der Waals surface area contributed by atoms with Gasteiger partial charge in [-0.05, 0) is 32.6 Å². The largest absolute Gasteiger partial charge is 0.342 e. The van der Waals surface area contributed by atoms with E-state index in [1.54, 1.807) is 0 Å². The molecule has 0 aromatic rings. The van der Waals surface area contributed by atoms with Crippen LogP contribution in [0.3, 0.4) is 0 Å². The van der Waals surface area contributed by atoms with Gasteiger partial charge in [0.1, 0.15) is 0 Å². The first-order chi connectivity index (χ1) is 7.68. The Morgan fingerprint density at radius 2 is 1.88 bits per heavy atom. The molecule has 1 aliphatic carbocycles. The number of amides is 1. The molecule has 2 fully saturated rings. The van der Waals surface area contributed by atoms with Gasteiger partial charge < -0.3 is 10.2 Å². The highest BCUT2D eigenvalue weighted by atomic mass is 16.2. The Labute approximate surface area is 98.6 Å². The molecule has 0 aromatic heterocycles. The fraction of sp³-hybridized carbons (Fsp3) is 0.923. The van der Waals surface area contributed by atoms with Crippen LogP contribution in [0, 0.1) is 5.92 Å². The average molecular weight is 224 g/mol. The molecule has 0 radical (unpaired) electrons. The van der Waals surface area contributed by atoms with Crippen LogP contribution in [-0.2, 0) is 4.79 Å². The van der Waals surface area contributed by atoms with Gasteiger partial charge in [0, 0.05) is 25.7 Å². The Bertz CT molecular complexity index is 240. The first-order valence-electron chi connectivity index (χ1n) is 6.68. The highest BCUT2D eigenvalue weighted by molar-refractivity contribution is 5.79. The molecule has 2 aliphatic rings. The molecule has 3 heteroatoms. The Morgan fingerprint density at radius 3 is 2.44 bits per heavy atom. The first-order valence-corrected chi connectivity index (χ1v) is 6.68. The highest BCUT2D eigenvalue weighted by Gasteiger charge is 2.30. The zero-order valence-corrected chi connectivity index (χ0v) is 10.5. The van der Waals surface area contributed by atoms with Crippen molar-refractivity contribution in [2.24, 2.45) is 5.92 Å². The van der Waals surface area contributed by atoms with Gasteiger partial charge >= 0.3 is 0 Å². The molecule has 1 heterocycles. The average Bonchev–Trinajstić information content (AvgIpc) is 2.81. The summed E-state index contributed by atoms with van der Waals surface area (Å²) >= 11 is 0. The standard InChI is InChI=1S/C13H24N2O/c1-10-7-8-11(9-14-10)13(16)15(2)12-5-3-4-6-12/h10-12,14H,3-9H2,1-2H3. The van der Waals surface area contributed by atoms with Gasteiger partial charge in [-0.25, -0.2) is 0 Å². The predicted octanol–water partition coefficient (Wildman–Crippen LogP) is 1.78. The van der Waals surface area contributed by atoms with E-state index in [-0.39, 0.29) is 5.92 Å². The van der Waals surface area contributed by atoms with E-state index in [9.17, 15) is 4.79 Å². The highest BCUT2D eigenvalue weighted by Crippen LogP contribution is 2.25. The van der Waals surface area contributed by atoms with Crippen molar-refractivity contribution in [3.8, 4) is 0 Å². The Morgan fingerprint density at radius 1 is 1.19 bits per heavy atom. The van der Waals surface area contributed by atoms with E-state index in [1.165, 1.54) is 25.7 Å². The molecule has 0 bridgehead atoms. The lowest BCUT2D eigenvalue weighted by Gasteiger charge is -2.32. The molecule has 16 heavy (non-hydrogen) atoms. The number of rotatable bonds is 2. The Kier molecular flexibility index (Phi) is 3.85. The summed E-state index contributed by atoms with van der Waals surface area (Å²) in [7, 11) is 2.00. The third kappa shape index (κ3) is 2.57. The van der Waals surface area contributed by atoms with Crippen molar-refractivity contribution in [2.75, 3.05) is 13.6 Å². The third-order valence-electron chi connectivity index (χ3n) is 4.23. The van der Waals surface area contributed by atoms with Gasteiger partial charge in [-0.15, -0.1) is 0 Å². The molecule has 92 valence electrons. The van der Waals surface area contributed by atoms with Crippen molar-refractivity contribution < 1.29 is 4.79 Å². The van der Waals surface area contributed by atoms with Gasteiger partial charge in [0.15, 0.2) is 0 Å². The molecule has 2 rings (SSSR count). The summed E-state index contributed by atoms with van der Waals surface area (Å²) in [5.41, 5.74) is 0. The molecule has 2 atom stereocenters. The molecule has 1 N–H and O–H groups in total. The van der Waals surface area contributed by atoms with Gasteiger partial charge in [-0.1, -0.05) is 12.8 Å². The summed E-state index contributed by atoms with van der Waals surface area (Å²) in [6, 6.07) is 1.10. The molecule has 2 unspecified atom stereocenters. The van der Waals surface area contributed by atoms with Gasteiger partial charge in [0.25, 0.3) is 0 Å². The maximum atomic E-state index is 12.3. The molecule has 1 saturated carbocycles. The van der Waals surface area contributed by atoms with Crippen molar-refractivity contribution >= 4 is 5.91 Å². The van der Waals surface area contributed by atoms with Crippen molar-refractivity contribution in [1.29, 1.82) is 0 Å². The van der Waals surface area contributed by atoms with Crippen LogP contribution in [0.2, 0.25) is 0 Å². The first kappa shape index (κ1) is 11.9. The normalized spacial score (nSPS) is 31.6. The SMILES string of the molecule is CC1CCC(C(=O)N(C)C2CCCC2)CN1. The second-order valence-electron chi connectivity index (χ2n) is 5.47. The molecular formula is C13H24N2O. The summed E-state index contributed by atoms with van der Waals surface area (Å²) in [5.74, 6) is 0.591. The maximum absolute atomic E-state index is 12.3. The third-order valence-corrected chi connectivity index (χ3v) is 4.23. The van der Waals surface area contributed by atoms with E-state index in [0.29, 0.717) is 18.0 Å². The number of nitrogens with one attached hydrogen (secondary N) is 1. The van der Waals surface area contributed by atoms with Crippen LogP contribution < -0.4 is 5.32 Å². The summed E-state index contributed by atoms with van der Waals surface area (Å²) in [6.07, 6.45) is 7.20. The van der Waals surface area contributed by atoms with Gasteiger partial charge in [-0.2, -0.15) is 0 Å². The maximum Gasteiger partial charge on any atom is 0.226 e. The monoisotopic (exact) mass is 224 g/mol. The molecule has 0 spiro atoms. The fourth-order valence-corrected chi connectivity index (χ4v) is 2.97. The van der Waals surface area contributed by atoms with E-state index < -0.39 is 0 Å². The van der Waals surface area contributed by atoms with Crippen LogP contribution in [0.5, 0.6) is 0 Å². The summed E-state index contributed by atoms with van der Waals surface area (Å²) in [4.78, 5) is 14.3. The lowest BCUT2D eigenvalue weighted by atomic mass is 9.94. The lowest BCUT2D eigenvalue weighted by Crippen LogP contribution is -2.46. The Balaban J connectivity index is 1.86.